The van der Waals surface area contributed by atoms with Gasteiger partial charge in [0.2, 0.25) is 0 Å². The highest BCUT2D eigenvalue weighted by atomic mass is 16.6. The summed E-state index contributed by atoms with van der Waals surface area (Å²) in [7, 11) is 0. The van der Waals surface area contributed by atoms with Crippen LogP contribution in [-0.4, -0.2) is 19.3 Å². The van der Waals surface area contributed by atoms with E-state index in [1.807, 2.05) is 6.07 Å². The fraction of sp³-hybridized carbons (Fsp3) is 0.667. The Labute approximate surface area is 129 Å². The molecule has 3 nitrogen and oxygen atoms in total. The molecule has 0 aliphatic carbocycles. The highest BCUT2D eigenvalue weighted by molar-refractivity contribution is 5.44. The van der Waals surface area contributed by atoms with Crippen LogP contribution >= 0.6 is 0 Å². The predicted octanol–water partition coefficient (Wildman–Crippen LogP) is 4.32. The van der Waals surface area contributed by atoms with E-state index >= 15 is 0 Å². The summed E-state index contributed by atoms with van der Waals surface area (Å²) < 4.78 is 11.2. The van der Waals surface area contributed by atoms with Gasteiger partial charge in [0, 0.05) is 12.1 Å². The van der Waals surface area contributed by atoms with Gasteiger partial charge in [-0.3, -0.25) is 0 Å². The van der Waals surface area contributed by atoms with Crippen LogP contribution in [0.1, 0.15) is 58.6 Å². The maximum atomic E-state index is 5.66. The van der Waals surface area contributed by atoms with E-state index in [0.29, 0.717) is 25.3 Å². The Bertz CT molecular complexity index is 445. The Morgan fingerprint density at radius 3 is 2.43 bits per heavy atom. The van der Waals surface area contributed by atoms with Crippen molar-refractivity contribution in [1.29, 1.82) is 0 Å². The van der Waals surface area contributed by atoms with E-state index in [9.17, 15) is 0 Å². The average molecular weight is 291 g/mol. The quantitative estimate of drug-likeness (QED) is 0.811. The minimum absolute atomic E-state index is 0.329. The topological polar surface area (TPSA) is 30.5 Å². The Hall–Kier alpha value is -1.22. The third-order valence-corrected chi connectivity index (χ3v) is 4.02. The number of nitrogens with one attached hydrogen (secondary N) is 1. The van der Waals surface area contributed by atoms with E-state index in [2.05, 4.69) is 45.1 Å². The third-order valence-electron chi connectivity index (χ3n) is 4.02. The number of fused-ring (bicyclic) bond motifs is 1. The second kappa shape index (κ2) is 7.69. The maximum Gasteiger partial charge on any atom is 0.161 e. The number of rotatable bonds is 7. The van der Waals surface area contributed by atoms with Gasteiger partial charge in [-0.15, -0.1) is 0 Å². The molecule has 2 atom stereocenters. The molecule has 1 N–H and O–H groups in total. The summed E-state index contributed by atoms with van der Waals surface area (Å²) in [5, 5.41) is 3.68. The van der Waals surface area contributed by atoms with E-state index in [4.69, 9.17) is 9.47 Å². The first-order chi connectivity index (χ1) is 10.1. The molecule has 1 aromatic carbocycles. The van der Waals surface area contributed by atoms with Crippen molar-refractivity contribution >= 4 is 0 Å². The summed E-state index contributed by atoms with van der Waals surface area (Å²) >= 11 is 0. The number of benzene rings is 1. The fourth-order valence-corrected chi connectivity index (χ4v) is 2.77. The second-order valence-electron chi connectivity index (χ2n) is 6.52. The van der Waals surface area contributed by atoms with E-state index in [1.165, 1.54) is 24.8 Å². The summed E-state index contributed by atoms with van der Waals surface area (Å²) in [5.41, 5.74) is 1.26. The van der Waals surface area contributed by atoms with E-state index in [1.54, 1.807) is 0 Å². The molecule has 0 saturated heterocycles. The van der Waals surface area contributed by atoms with Crippen molar-refractivity contribution in [1.82, 2.24) is 5.32 Å². The minimum Gasteiger partial charge on any atom is -0.486 e. The van der Waals surface area contributed by atoms with Gasteiger partial charge in [0.15, 0.2) is 11.5 Å². The smallest absolute Gasteiger partial charge is 0.161 e. The lowest BCUT2D eigenvalue weighted by Gasteiger charge is -2.23. The lowest BCUT2D eigenvalue weighted by Crippen LogP contribution is -2.29. The average Bonchev–Trinajstić information content (AvgIpc) is 2.46. The zero-order valence-corrected chi connectivity index (χ0v) is 13.8. The molecular weight excluding hydrogens is 262 g/mol. The van der Waals surface area contributed by atoms with Crippen LogP contribution in [0.5, 0.6) is 11.5 Å². The highest BCUT2D eigenvalue weighted by Crippen LogP contribution is 2.32. The highest BCUT2D eigenvalue weighted by Gasteiger charge is 2.15. The van der Waals surface area contributed by atoms with Gasteiger partial charge in [0.1, 0.15) is 13.2 Å². The summed E-state index contributed by atoms with van der Waals surface area (Å²) in [6.45, 7) is 10.3. The standard InChI is InChI=1S/C18H29NO2/c1-13(2)6-5-7-14(3)19-15(4)16-8-9-17-18(12-16)21-11-10-20-17/h8-9,12-15,19H,5-7,10-11H2,1-4H3. The summed E-state index contributed by atoms with van der Waals surface area (Å²) in [4.78, 5) is 0. The fourth-order valence-electron chi connectivity index (χ4n) is 2.77. The molecule has 1 aliphatic heterocycles. The molecule has 3 heteroatoms. The first-order valence-electron chi connectivity index (χ1n) is 8.22. The lowest BCUT2D eigenvalue weighted by molar-refractivity contribution is 0.171. The number of hydrogen-bond donors (Lipinski definition) is 1. The summed E-state index contributed by atoms with van der Waals surface area (Å²) in [5.74, 6) is 2.54. The molecule has 0 saturated carbocycles. The SMILES string of the molecule is CC(C)CCCC(C)NC(C)c1ccc2c(c1)OCCO2. The van der Waals surface area contributed by atoms with Gasteiger partial charge >= 0.3 is 0 Å². The van der Waals surface area contributed by atoms with Gasteiger partial charge in [0.25, 0.3) is 0 Å². The van der Waals surface area contributed by atoms with Gasteiger partial charge in [-0.2, -0.15) is 0 Å². The van der Waals surface area contributed by atoms with Crippen LogP contribution < -0.4 is 14.8 Å². The van der Waals surface area contributed by atoms with Gasteiger partial charge in [-0.25, -0.2) is 0 Å². The molecule has 0 bridgehead atoms. The lowest BCUT2D eigenvalue weighted by atomic mass is 10.0. The van der Waals surface area contributed by atoms with Crippen molar-refractivity contribution in [3.05, 3.63) is 23.8 Å². The monoisotopic (exact) mass is 291 g/mol. The molecule has 2 unspecified atom stereocenters. The van der Waals surface area contributed by atoms with Crippen molar-refractivity contribution in [2.45, 2.75) is 59.0 Å². The maximum absolute atomic E-state index is 5.66. The normalized spacial score (nSPS) is 16.8. The second-order valence-corrected chi connectivity index (χ2v) is 6.52. The van der Waals surface area contributed by atoms with Crippen molar-refractivity contribution < 1.29 is 9.47 Å². The molecule has 1 aromatic rings. The van der Waals surface area contributed by atoms with E-state index in [0.717, 1.165) is 17.4 Å². The molecule has 1 heterocycles. The van der Waals surface area contributed by atoms with Crippen LogP contribution in [0, 0.1) is 5.92 Å². The zero-order chi connectivity index (χ0) is 15.2. The van der Waals surface area contributed by atoms with Crippen LogP contribution in [0.3, 0.4) is 0 Å². The molecule has 0 spiro atoms. The Morgan fingerprint density at radius 1 is 1.00 bits per heavy atom. The van der Waals surface area contributed by atoms with Gasteiger partial charge in [-0.1, -0.05) is 32.8 Å². The van der Waals surface area contributed by atoms with Crippen molar-refractivity contribution in [2.24, 2.45) is 5.92 Å². The van der Waals surface area contributed by atoms with Crippen LogP contribution in [0.15, 0.2) is 18.2 Å². The molecule has 0 radical (unpaired) electrons. The van der Waals surface area contributed by atoms with E-state index < -0.39 is 0 Å². The zero-order valence-electron chi connectivity index (χ0n) is 13.8. The van der Waals surface area contributed by atoms with Gasteiger partial charge in [0.05, 0.1) is 0 Å². The molecule has 1 aliphatic rings. The number of ether oxygens (including phenoxy) is 2. The summed E-state index contributed by atoms with van der Waals surface area (Å²) in [6, 6.07) is 7.12. The predicted molar refractivity (Wildman–Crippen MR) is 87.1 cm³/mol. The molecular formula is C18H29NO2. The van der Waals surface area contributed by atoms with Crippen molar-refractivity contribution in [3.8, 4) is 11.5 Å². The van der Waals surface area contributed by atoms with Crippen LogP contribution in [0.4, 0.5) is 0 Å². The molecule has 0 fully saturated rings. The van der Waals surface area contributed by atoms with Crippen LogP contribution in [-0.2, 0) is 0 Å². The van der Waals surface area contributed by atoms with Gasteiger partial charge < -0.3 is 14.8 Å². The van der Waals surface area contributed by atoms with Crippen LogP contribution in [0.2, 0.25) is 0 Å². The molecule has 0 aromatic heterocycles. The Morgan fingerprint density at radius 2 is 1.71 bits per heavy atom. The molecule has 118 valence electrons. The van der Waals surface area contributed by atoms with E-state index in [-0.39, 0.29) is 0 Å². The van der Waals surface area contributed by atoms with Crippen molar-refractivity contribution in [3.63, 3.8) is 0 Å². The Balaban J connectivity index is 1.86. The molecule has 2 rings (SSSR count). The molecule has 0 amide bonds. The number of hydrogen-bond acceptors (Lipinski definition) is 3. The summed E-state index contributed by atoms with van der Waals surface area (Å²) in [6.07, 6.45) is 3.83. The third kappa shape index (κ3) is 4.92. The first kappa shape index (κ1) is 16.2. The first-order valence-corrected chi connectivity index (χ1v) is 8.22. The van der Waals surface area contributed by atoms with Gasteiger partial charge in [-0.05, 0) is 43.9 Å². The van der Waals surface area contributed by atoms with Crippen molar-refractivity contribution in [2.75, 3.05) is 13.2 Å². The van der Waals surface area contributed by atoms with Crippen LogP contribution in [0.25, 0.3) is 0 Å². The molecule has 21 heavy (non-hydrogen) atoms. The Kier molecular flexibility index (Phi) is 5.92. The largest absolute Gasteiger partial charge is 0.486 e. The minimum atomic E-state index is 0.329.